The molecule has 0 amide bonds. The van der Waals surface area contributed by atoms with E-state index in [4.69, 9.17) is 0 Å². The molecule has 0 unspecified atom stereocenters. The Balaban J connectivity index is 2.54. The minimum atomic E-state index is -0.492. The number of rotatable bonds is 4. The van der Waals surface area contributed by atoms with E-state index in [2.05, 4.69) is 32.9 Å². The van der Waals surface area contributed by atoms with E-state index in [0.29, 0.717) is 11.5 Å². The van der Waals surface area contributed by atoms with Gasteiger partial charge in [-0.15, -0.1) is 0 Å². The van der Waals surface area contributed by atoms with E-state index in [1.54, 1.807) is 12.1 Å². The summed E-state index contributed by atoms with van der Waals surface area (Å²) in [4.78, 5) is 0. The highest BCUT2D eigenvalue weighted by atomic mass is 16.3. The molecule has 0 spiro atoms. The third-order valence-corrected chi connectivity index (χ3v) is 6.92. The van der Waals surface area contributed by atoms with Gasteiger partial charge in [-0.25, -0.2) is 0 Å². The molecule has 0 aliphatic rings. The molecule has 3 heteroatoms. The summed E-state index contributed by atoms with van der Waals surface area (Å²) in [6.45, 7) is 14.1. The van der Waals surface area contributed by atoms with Gasteiger partial charge in [-0.1, -0.05) is 31.2 Å². The molecule has 3 rings (SSSR count). The molecule has 30 heavy (non-hydrogen) atoms. The standard InChI is InChI=1S/C27H32O3/c1-8-27(21-9-11-22(28)12-10-21,23-13-15(2)25(29)19(6)17(23)4)24-14-16(3)26(30)20(7)18(24)5/h9-14,28-30H,8H2,1-7H3. The summed E-state index contributed by atoms with van der Waals surface area (Å²) in [5, 5.41) is 31.0. The monoisotopic (exact) mass is 404 g/mol. The van der Waals surface area contributed by atoms with Crippen molar-refractivity contribution >= 4 is 0 Å². The van der Waals surface area contributed by atoms with Crippen LogP contribution in [0.4, 0.5) is 0 Å². The molecule has 0 aliphatic carbocycles. The first-order chi connectivity index (χ1) is 14.1. The van der Waals surface area contributed by atoms with Gasteiger partial charge in [-0.2, -0.15) is 0 Å². The lowest BCUT2D eigenvalue weighted by atomic mass is 9.64. The first-order valence-corrected chi connectivity index (χ1v) is 10.5. The summed E-state index contributed by atoms with van der Waals surface area (Å²) in [6.07, 6.45) is 0.784. The van der Waals surface area contributed by atoms with Crippen LogP contribution in [-0.4, -0.2) is 15.3 Å². The maximum absolute atomic E-state index is 10.5. The SMILES string of the molecule is CCC(c1ccc(O)cc1)(c1cc(C)c(O)c(C)c1C)c1cc(C)c(O)c(C)c1C. The lowest BCUT2D eigenvalue weighted by Crippen LogP contribution is -2.31. The normalized spacial score (nSPS) is 11.7. The zero-order chi connectivity index (χ0) is 22.4. The van der Waals surface area contributed by atoms with E-state index in [0.717, 1.165) is 56.5 Å². The summed E-state index contributed by atoms with van der Waals surface area (Å²) >= 11 is 0. The van der Waals surface area contributed by atoms with Crippen molar-refractivity contribution in [1.82, 2.24) is 0 Å². The maximum Gasteiger partial charge on any atom is 0.121 e. The van der Waals surface area contributed by atoms with E-state index in [1.165, 1.54) is 0 Å². The molecule has 0 bridgehead atoms. The highest BCUT2D eigenvalue weighted by Gasteiger charge is 2.39. The van der Waals surface area contributed by atoms with Crippen molar-refractivity contribution in [2.45, 2.75) is 60.3 Å². The molecule has 0 aliphatic heterocycles. The van der Waals surface area contributed by atoms with Gasteiger partial charge >= 0.3 is 0 Å². The van der Waals surface area contributed by atoms with Gasteiger partial charge in [0.2, 0.25) is 0 Å². The van der Waals surface area contributed by atoms with Gasteiger partial charge in [0.05, 0.1) is 0 Å². The van der Waals surface area contributed by atoms with E-state index in [-0.39, 0.29) is 5.75 Å². The highest BCUT2D eigenvalue weighted by molar-refractivity contribution is 5.62. The summed E-state index contributed by atoms with van der Waals surface area (Å²) in [6, 6.07) is 11.6. The minimum absolute atomic E-state index is 0.230. The summed E-state index contributed by atoms with van der Waals surface area (Å²) in [5.41, 5.74) is 8.40. The quantitative estimate of drug-likeness (QED) is 0.441. The van der Waals surface area contributed by atoms with Crippen LogP contribution in [-0.2, 0) is 5.41 Å². The molecule has 3 nitrogen and oxygen atoms in total. The van der Waals surface area contributed by atoms with Crippen LogP contribution in [0, 0.1) is 41.5 Å². The van der Waals surface area contributed by atoms with Gasteiger partial charge in [-0.3, -0.25) is 0 Å². The van der Waals surface area contributed by atoms with Crippen LogP contribution in [0.3, 0.4) is 0 Å². The fourth-order valence-electron chi connectivity index (χ4n) is 4.81. The van der Waals surface area contributed by atoms with Crippen molar-refractivity contribution < 1.29 is 15.3 Å². The number of hydrogen-bond acceptors (Lipinski definition) is 3. The molecule has 0 heterocycles. The van der Waals surface area contributed by atoms with E-state index in [9.17, 15) is 15.3 Å². The molecular weight excluding hydrogens is 372 g/mol. The van der Waals surface area contributed by atoms with Gasteiger partial charge in [0.25, 0.3) is 0 Å². The lowest BCUT2D eigenvalue weighted by Gasteiger charge is -2.39. The molecule has 0 fully saturated rings. The molecule has 0 radical (unpaired) electrons. The molecule has 0 saturated heterocycles. The Morgan fingerprint density at radius 3 is 1.40 bits per heavy atom. The van der Waals surface area contributed by atoms with Crippen molar-refractivity contribution in [3.8, 4) is 17.2 Å². The average molecular weight is 405 g/mol. The molecule has 158 valence electrons. The first-order valence-electron chi connectivity index (χ1n) is 10.5. The largest absolute Gasteiger partial charge is 0.508 e. The Kier molecular flexibility index (Phi) is 5.60. The van der Waals surface area contributed by atoms with E-state index in [1.807, 2.05) is 39.8 Å². The summed E-state index contributed by atoms with van der Waals surface area (Å²) in [7, 11) is 0. The molecular formula is C27H32O3. The van der Waals surface area contributed by atoms with Crippen LogP contribution in [0.2, 0.25) is 0 Å². The number of hydrogen-bond donors (Lipinski definition) is 3. The smallest absolute Gasteiger partial charge is 0.121 e. The van der Waals surface area contributed by atoms with Crippen molar-refractivity contribution in [2.24, 2.45) is 0 Å². The second-order valence-electron chi connectivity index (χ2n) is 8.49. The van der Waals surface area contributed by atoms with Crippen molar-refractivity contribution in [1.29, 1.82) is 0 Å². The van der Waals surface area contributed by atoms with Crippen molar-refractivity contribution in [3.63, 3.8) is 0 Å². The molecule has 0 atom stereocenters. The molecule has 3 aromatic carbocycles. The minimum Gasteiger partial charge on any atom is -0.508 e. The molecule has 3 aromatic rings. The zero-order valence-electron chi connectivity index (χ0n) is 19.0. The van der Waals surface area contributed by atoms with Crippen LogP contribution in [0.25, 0.3) is 0 Å². The Morgan fingerprint density at radius 1 is 0.633 bits per heavy atom. The van der Waals surface area contributed by atoms with E-state index >= 15 is 0 Å². The van der Waals surface area contributed by atoms with Crippen LogP contribution in [0.5, 0.6) is 17.2 Å². The topological polar surface area (TPSA) is 60.7 Å². The van der Waals surface area contributed by atoms with Crippen LogP contribution in [0.15, 0.2) is 36.4 Å². The predicted octanol–water partition coefficient (Wildman–Crippen LogP) is 6.40. The summed E-state index contributed by atoms with van der Waals surface area (Å²) in [5.74, 6) is 0.900. The Morgan fingerprint density at radius 2 is 1.03 bits per heavy atom. The van der Waals surface area contributed by atoms with Gasteiger partial charge in [0.15, 0.2) is 0 Å². The fourth-order valence-corrected chi connectivity index (χ4v) is 4.81. The fraction of sp³-hybridized carbons (Fsp3) is 0.333. The van der Waals surface area contributed by atoms with E-state index < -0.39 is 5.41 Å². The van der Waals surface area contributed by atoms with Gasteiger partial charge in [-0.05, 0) is 110 Å². The highest BCUT2D eigenvalue weighted by Crippen LogP contribution is 2.48. The maximum atomic E-state index is 10.5. The first kappa shape index (κ1) is 21.8. The molecule has 0 saturated carbocycles. The number of aryl methyl sites for hydroxylation is 2. The Bertz CT molecular complexity index is 1040. The van der Waals surface area contributed by atoms with Gasteiger partial charge in [0.1, 0.15) is 17.2 Å². The van der Waals surface area contributed by atoms with Gasteiger partial charge < -0.3 is 15.3 Å². The number of phenols is 3. The van der Waals surface area contributed by atoms with Gasteiger partial charge in [0, 0.05) is 5.41 Å². The predicted molar refractivity (Wildman–Crippen MR) is 123 cm³/mol. The summed E-state index contributed by atoms with van der Waals surface area (Å²) < 4.78 is 0. The number of benzene rings is 3. The third-order valence-electron chi connectivity index (χ3n) is 6.92. The number of phenolic OH excluding ortho intramolecular Hbond substituents is 3. The second kappa shape index (κ2) is 7.71. The lowest BCUT2D eigenvalue weighted by molar-refractivity contribution is 0.463. The van der Waals surface area contributed by atoms with Crippen molar-refractivity contribution in [3.05, 3.63) is 86.5 Å². The Hall–Kier alpha value is -2.94. The van der Waals surface area contributed by atoms with Crippen LogP contribution in [0.1, 0.15) is 63.4 Å². The Labute approximate surface area is 179 Å². The van der Waals surface area contributed by atoms with Crippen LogP contribution < -0.4 is 0 Å². The molecule has 3 N–H and O–H groups in total. The van der Waals surface area contributed by atoms with Crippen LogP contribution >= 0.6 is 0 Å². The average Bonchev–Trinajstić information content (AvgIpc) is 2.73. The molecule has 0 aromatic heterocycles. The third kappa shape index (κ3) is 3.13. The van der Waals surface area contributed by atoms with Crippen molar-refractivity contribution in [2.75, 3.05) is 0 Å². The second-order valence-corrected chi connectivity index (χ2v) is 8.49. The zero-order valence-corrected chi connectivity index (χ0v) is 19.0. The number of aromatic hydroxyl groups is 3.